The van der Waals surface area contributed by atoms with E-state index in [1.54, 1.807) is 6.92 Å². The van der Waals surface area contributed by atoms with E-state index in [0.717, 1.165) is 11.3 Å². The zero-order chi connectivity index (χ0) is 13.8. The Morgan fingerprint density at radius 3 is 2.11 bits per heavy atom. The van der Waals surface area contributed by atoms with Crippen molar-refractivity contribution in [1.29, 1.82) is 0 Å². The van der Waals surface area contributed by atoms with E-state index in [9.17, 15) is 5.11 Å². The van der Waals surface area contributed by atoms with Crippen LogP contribution in [0.5, 0.6) is 11.5 Å². The molecule has 1 atom stereocenters. The van der Waals surface area contributed by atoms with Crippen LogP contribution in [0, 0.1) is 0 Å². The molecule has 0 amide bonds. The summed E-state index contributed by atoms with van der Waals surface area (Å²) in [5.74, 6) is 2.01. The number of aliphatic hydroxyl groups is 1. The lowest BCUT2D eigenvalue weighted by Crippen LogP contribution is -1.96. The van der Waals surface area contributed by atoms with Gasteiger partial charge < -0.3 is 9.84 Å². The topological polar surface area (TPSA) is 29.5 Å². The maximum Gasteiger partial charge on any atom is 0.133 e. The van der Waals surface area contributed by atoms with E-state index < -0.39 is 6.10 Å². The van der Waals surface area contributed by atoms with Crippen LogP contribution in [0.3, 0.4) is 0 Å². The average molecular weight is 256 g/mol. The maximum absolute atomic E-state index is 9.72. The van der Waals surface area contributed by atoms with Crippen molar-refractivity contribution in [2.24, 2.45) is 0 Å². The summed E-state index contributed by atoms with van der Waals surface area (Å²) in [6, 6.07) is 15.6. The van der Waals surface area contributed by atoms with Crippen LogP contribution < -0.4 is 4.74 Å². The lowest BCUT2D eigenvalue weighted by Gasteiger charge is -2.13. The molecule has 0 aliphatic rings. The van der Waals surface area contributed by atoms with Crippen molar-refractivity contribution in [3.63, 3.8) is 0 Å². The van der Waals surface area contributed by atoms with Crippen LogP contribution in [-0.2, 0) is 0 Å². The SMILES string of the molecule is CC(C)c1ccc(Oc2ccccc2[C@@H](C)O)cc1. The molecule has 0 saturated carbocycles. The van der Waals surface area contributed by atoms with Gasteiger partial charge in [0.25, 0.3) is 0 Å². The predicted octanol–water partition coefficient (Wildman–Crippen LogP) is 4.66. The Labute approximate surface area is 114 Å². The molecule has 1 N–H and O–H groups in total. The van der Waals surface area contributed by atoms with Gasteiger partial charge in [-0.3, -0.25) is 0 Å². The van der Waals surface area contributed by atoms with Gasteiger partial charge in [0.2, 0.25) is 0 Å². The second-order valence-electron chi connectivity index (χ2n) is 5.04. The van der Waals surface area contributed by atoms with Crippen LogP contribution in [0.4, 0.5) is 0 Å². The molecule has 2 rings (SSSR count). The smallest absolute Gasteiger partial charge is 0.133 e. The lowest BCUT2D eigenvalue weighted by molar-refractivity contribution is 0.195. The summed E-state index contributed by atoms with van der Waals surface area (Å²) in [6.45, 7) is 6.07. The first kappa shape index (κ1) is 13.6. The summed E-state index contributed by atoms with van der Waals surface area (Å²) < 4.78 is 5.85. The largest absolute Gasteiger partial charge is 0.457 e. The third kappa shape index (κ3) is 3.36. The highest BCUT2D eigenvalue weighted by molar-refractivity contribution is 5.39. The van der Waals surface area contributed by atoms with E-state index in [0.29, 0.717) is 11.7 Å². The fourth-order valence-corrected chi connectivity index (χ4v) is 1.97. The molecule has 0 fully saturated rings. The number of aliphatic hydroxyl groups excluding tert-OH is 1. The normalized spacial score (nSPS) is 12.5. The van der Waals surface area contributed by atoms with Crippen molar-refractivity contribution in [2.75, 3.05) is 0 Å². The molecule has 0 radical (unpaired) electrons. The standard InChI is InChI=1S/C17H20O2/c1-12(2)14-8-10-15(11-9-14)19-17-7-5-4-6-16(17)13(3)18/h4-13,18H,1-3H3/t13-/m1/s1. The van der Waals surface area contributed by atoms with Crippen LogP contribution in [0.1, 0.15) is 43.9 Å². The molecule has 2 heteroatoms. The van der Waals surface area contributed by atoms with Gasteiger partial charge in [-0.05, 0) is 36.6 Å². The minimum atomic E-state index is -0.536. The van der Waals surface area contributed by atoms with Gasteiger partial charge in [0.05, 0.1) is 6.10 Å². The predicted molar refractivity (Wildman–Crippen MR) is 77.7 cm³/mol. The number of hydrogen-bond donors (Lipinski definition) is 1. The summed E-state index contributed by atoms with van der Waals surface area (Å²) in [5, 5.41) is 9.72. The molecule has 19 heavy (non-hydrogen) atoms. The van der Waals surface area contributed by atoms with Gasteiger partial charge in [-0.2, -0.15) is 0 Å². The molecule has 0 saturated heterocycles. The van der Waals surface area contributed by atoms with E-state index in [1.807, 2.05) is 36.4 Å². The summed E-state index contributed by atoms with van der Waals surface area (Å²) in [7, 11) is 0. The van der Waals surface area contributed by atoms with Crippen LogP contribution in [0.25, 0.3) is 0 Å². The first-order valence-corrected chi connectivity index (χ1v) is 6.62. The minimum Gasteiger partial charge on any atom is -0.457 e. The van der Waals surface area contributed by atoms with Crippen molar-refractivity contribution in [3.05, 3.63) is 59.7 Å². The van der Waals surface area contributed by atoms with Crippen molar-refractivity contribution >= 4 is 0 Å². The highest BCUT2D eigenvalue weighted by atomic mass is 16.5. The van der Waals surface area contributed by atoms with Gasteiger partial charge in [0, 0.05) is 5.56 Å². The van der Waals surface area contributed by atoms with Gasteiger partial charge in [-0.1, -0.05) is 44.2 Å². The van der Waals surface area contributed by atoms with Gasteiger partial charge in [-0.25, -0.2) is 0 Å². The third-order valence-electron chi connectivity index (χ3n) is 3.14. The zero-order valence-corrected chi connectivity index (χ0v) is 11.6. The monoisotopic (exact) mass is 256 g/mol. The number of rotatable bonds is 4. The summed E-state index contributed by atoms with van der Waals surface area (Å²) in [6.07, 6.45) is -0.536. The number of ether oxygens (including phenoxy) is 1. The van der Waals surface area contributed by atoms with Gasteiger partial charge in [0.15, 0.2) is 0 Å². The fourth-order valence-electron chi connectivity index (χ4n) is 1.97. The zero-order valence-electron chi connectivity index (χ0n) is 11.6. The Hall–Kier alpha value is -1.80. The average Bonchev–Trinajstić information content (AvgIpc) is 2.39. The third-order valence-corrected chi connectivity index (χ3v) is 3.14. The lowest BCUT2D eigenvalue weighted by atomic mass is 10.0. The fraction of sp³-hybridized carbons (Fsp3) is 0.294. The van der Waals surface area contributed by atoms with Crippen LogP contribution >= 0.6 is 0 Å². The maximum atomic E-state index is 9.72. The molecular formula is C17H20O2. The summed E-state index contributed by atoms with van der Waals surface area (Å²) in [5.41, 5.74) is 2.09. The number of benzene rings is 2. The minimum absolute atomic E-state index is 0.513. The summed E-state index contributed by atoms with van der Waals surface area (Å²) >= 11 is 0. The van der Waals surface area contributed by atoms with Crippen molar-refractivity contribution < 1.29 is 9.84 Å². The Morgan fingerprint density at radius 2 is 1.53 bits per heavy atom. The first-order chi connectivity index (χ1) is 9.08. The van der Waals surface area contributed by atoms with Gasteiger partial charge >= 0.3 is 0 Å². The first-order valence-electron chi connectivity index (χ1n) is 6.62. The van der Waals surface area contributed by atoms with Crippen LogP contribution in [-0.4, -0.2) is 5.11 Å². The molecule has 2 aromatic carbocycles. The molecule has 0 spiro atoms. The Kier molecular flexibility index (Phi) is 4.23. The van der Waals surface area contributed by atoms with Crippen molar-refractivity contribution in [1.82, 2.24) is 0 Å². The van der Waals surface area contributed by atoms with Crippen LogP contribution in [0.15, 0.2) is 48.5 Å². The molecule has 0 bridgehead atoms. The Morgan fingerprint density at radius 1 is 0.895 bits per heavy atom. The van der Waals surface area contributed by atoms with Crippen molar-refractivity contribution in [3.8, 4) is 11.5 Å². The molecule has 0 unspecified atom stereocenters. The van der Waals surface area contributed by atoms with Gasteiger partial charge in [0.1, 0.15) is 11.5 Å². The molecule has 0 aliphatic heterocycles. The second-order valence-corrected chi connectivity index (χ2v) is 5.04. The molecule has 0 heterocycles. The van der Waals surface area contributed by atoms with E-state index in [-0.39, 0.29) is 0 Å². The van der Waals surface area contributed by atoms with Gasteiger partial charge in [-0.15, -0.1) is 0 Å². The molecule has 0 aromatic heterocycles. The molecule has 2 nitrogen and oxygen atoms in total. The highest BCUT2D eigenvalue weighted by Gasteiger charge is 2.09. The Bertz CT molecular complexity index is 527. The van der Waals surface area contributed by atoms with E-state index in [4.69, 9.17) is 4.74 Å². The highest BCUT2D eigenvalue weighted by Crippen LogP contribution is 2.30. The molecule has 2 aromatic rings. The number of para-hydroxylation sites is 1. The van der Waals surface area contributed by atoms with E-state index in [1.165, 1.54) is 5.56 Å². The molecular weight excluding hydrogens is 236 g/mol. The van der Waals surface area contributed by atoms with Crippen molar-refractivity contribution in [2.45, 2.75) is 32.8 Å². The molecule has 0 aliphatic carbocycles. The van der Waals surface area contributed by atoms with E-state index in [2.05, 4.69) is 26.0 Å². The summed E-state index contributed by atoms with van der Waals surface area (Å²) in [4.78, 5) is 0. The number of hydrogen-bond acceptors (Lipinski definition) is 2. The van der Waals surface area contributed by atoms with E-state index >= 15 is 0 Å². The van der Waals surface area contributed by atoms with Crippen LogP contribution in [0.2, 0.25) is 0 Å². The second kappa shape index (κ2) is 5.89. The molecule has 100 valence electrons. The Balaban J connectivity index is 2.21. The quantitative estimate of drug-likeness (QED) is 0.862.